The van der Waals surface area contributed by atoms with E-state index >= 15 is 0 Å². The molecule has 4 aromatic rings. The minimum atomic E-state index is -0.820. The van der Waals surface area contributed by atoms with Gasteiger partial charge in [-0.05, 0) is 34.4 Å². The zero-order valence-corrected chi connectivity index (χ0v) is 22.6. The molecule has 1 unspecified atom stereocenters. The van der Waals surface area contributed by atoms with Gasteiger partial charge in [0.1, 0.15) is 29.5 Å². The van der Waals surface area contributed by atoms with Crippen LogP contribution in [-0.4, -0.2) is 38.4 Å². The van der Waals surface area contributed by atoms with Crippen LogP contribution in [0.3, 0.4) is 0 Å². The van der Waals surface area contributed by atoms with Gasteiger partial charge in [0.05, 0.1) is 6.20 Å². The summed E-state index contributed by atoms with van der Waals surface area (Å²) in [5, 5.41) is 12.3. The van der Waals surface area contributed by atoms with Gasteiger partial charge in [0.2, 0.25) is 0 Å². The Morgan fingerprint density at radius 3 is 2.55 bits per heavy atom. The van der Waals surface area contributed by atoms with Gasteiger partial charge in [0.25, 0.3) is 0 Å². The highest BCUT2D eigenvalue weighted by molar-refractivity contribution is 6.31. The number of benzene rings is 3. The molecule has 1 aromatic heterocycles. The fourth-order valence-electron chi connectivity index (χ4n) is 5.47. The van der Waals surface area contributed by atoms with Crippen molar-refractivity contribution < 1.29 is 18.7 Å². The van der Waals surface area contributed by atoms with Crippen molar-refractivity contribution in [2.45, 2.75) is 38.7 Å². The first kappa shape index (κ1) is 26.4. The highest BCUT2D eigenvalue weighted by Crippen LogP contribution is 2.31. The Labute approximate surface area is 235 Å². The number of hydrogen-bond acceptors (Lipinski definition) is 4. The minimum Gasteiger partial charge on any atom is -0.374 e. The second-order valence-electron chi connectivity index (χ2n) is 10.4. The number of hydrogen-bond donors (Lipinski definition) is 2. The van der Waals surface area contributed by atoms with Crippen LogP contribution in [0.2, 0.25) is 5.02 Å². The fraction of sp³-hybridized carbons (Fsp3) is 0.267. The predicted octanol–water partition coefficient (Wildman–Crippen LogP) is 5.36. The van der Waals surface area contributed by atoms with Crippen molar-refractivity contribution in [2.24, 2.45) is 7.05 Å². The quantitative estimate of drug-likeness (QED) is 0.331. The van der Waals surface area contributed by atoms with E-state index < -0.39 is 17.9 Å². The molecule has 2 aliphatic rings. The molecule has 2 aliphatic heterocycles. The van der Waals surface area contributed by atoms with Crippen LogP contribution in [0.4, 0.5) is 19.4 Å². The number of rotatable bonds is 6. The SMILES string of the molecule is Cn1c(N2CCC(O)NC2=O)cnc1-c1ccc2c(c1)CN(Cc1ccc(Cc3c(F)cc(F)cc3Cl)cc1)C2. The molecule has 0 aliphatic carbocycles. The van der Waals surface area contributed by atoms with Gasteiger partial charge in [-0.15, -0.1) is 0 Å². The number of carbonyl (C=O) groups excluding carboxylic acids is 1. The van der Waals surface area contributed by atoms with Gasteiger partial charge < -0.3 is 15.0 Å². The van der Waals surface area contributed by atoms with Crippen LogP contribution < -0.4 is 10.2 Å². The monoisotopic (exact) mass is 563 g/mol. The van der Waals surface area contributed by atoms with E-state index in [2.05, 4.69) is 33.4 Å². The molecule has 0 spiro atoms. The fourth-order valence-corrected chi connectivity index (χ4v) is 5.73. The van der Waals surface area contributed by atoms with E-state index in [0.717, 1.165) is 54.3 Å². The second kappa shape index (κ2) is 10.6. The van der Waals surface area contributed by atoms with Crippen LogP contribution in [0.15, 0.2) is 60.8 Å². The normalized spacial score (nSPS) is 17.3. The summed E-state index contributed by atoms with van der Waals surface area (Å²) in [6.45, 7) is 2.81. The molecular formula is C30H28ClF2N5O2. The van der Waals surface area contributed by atoms with Crippen molar-refractivity contribution in [1.82, 2.24) is 19.8 Å². The number of urea groups is 1. The summed E-state index contributed by atoms with van der Waals surface area (Å²) in [5.74, 6) is 0.123. The lowest BCUT2D eigenvalue weighted by atomic mass is 10.0. The molecule has 1 fully saturated rings. The molecule has 10 heteroatoms. The summed E-state index contributed by atoms with van der Waals surface area (Å²) in [5.41, 5.74) is 5.81. The Kier molecular flexibility index (Phi) is 7.04. The standard InChI is InChI=1S/C30H28ClF2N5O2/c1-36-28(38-9-8-27(39)35-30(38)40)14-34-29(36)20-6-7-21-16-37(17-22(21)11-20)15-19-4-2-18(3-5-19)10-24-25(31)12-23(32)13-26(24)33/h2-7,11-14,27,39H,8-10,15-17H2,1H3,(H,35,40). The van der Waals surface area contributed by atoms with Crippen LogP contribution in [0.25, 0.3) is 11.4 Å². The van der Waals surface area contributed by atoms with Crippen LogP contribution in [0.1, 0.15) is 34.2 Å². The first-order valence-electron chi connectivity index (χ1n) is 13.1. The molecule has 7 nitrogen and oxygen atoms in total. The number of carbonyl (C=O) groups is 1. The third-order valence-corrected chi connectivity index (χ3v) is 7.91. The molecule has 1 atom stereocenters. The van der Waals surface area contributed by atoms with E-state index in [1.54, 1.807) is 11.1 Å². The Bertz CT molecular complexity index is 1570. The van der Waals surface area contributed by atoms with Gasteiger partial charge in [0.15, 0.2) is 0 Å². The number of nitrogens with one attached hydrogen (secondary N) is 1. The third-order valence-electron chi connectivity index (χ3n) is 7.57. The lowest BCUT2D eigenvalue weighted by Crippen LogP contribution is -2.52. The molecule has 3 aromatic carbocycles. The molecule has 40 heavy (non-hydrogen) atoms. The minimum absolute atomic E-state index is 0.0920. The molecule has 206 valence electrons. The number of aromatic nitrogens is 2. The van der Waals surface area contributed by atoms with Gasteiger partial charge in [0, 0.05) is 68.3 Å². The maximum absolute atomic E-state index is 14.2. The maximum atomic E-state index is 14.2. The van der Waals surface area contributed by atoms with Crippen LogP contribution in [0.5, 0.6) is 0 Å². The maximum Gasteiger partial charge on any atom is 0.325 e. The van der Waals surface area contributed by atoms with Crippen molar-refractivity contribution >= 4 is 23.4 Å². The Hall–Kier alpha value is -3.79. The van der Waals surface area contributed by atoms with Gasteiger partial charge in [-0.2, -0.15) is 0 Å². The first-order chi connectivity index (χ1) is 19.2. The number of halogens is 3. The Balaban J connectivity index is 1.12. The number of anilines is 1. The van der Waals surface area contributed by atoms with E-state index in [9.17, 15) is 18.7 Å². The number of amides is 2. The molecule has 0 saturated carbocycles. The topological polar surface area (TPSA) is 73.6 Å². The summed E-state index contributed by atoms with van der Waals surface area (Å²) in [7, 11) is 1.89. The number of nitrogens with zero attached hydrogens (tertiary/aromatic N) is 4. The van der Waals surface area contributed by atoms with Crippen molar-refractivity contribution in [3.8, 4) is 11.4 Å². The van der Waals surface area contributed by atoms with Gasteiger partial charge >= 0.3 is 6.03 Å². The van der Waals surface area contributed by atoms with E-state index in [-0.39, 0.29) is 11.1 Å². The first-order valence-corrected chi connectivity index (χ1v) is 13.5. The molecule has 3 heterocycles. The zero-order chi connectivity index (χ0) is 28.0. The summed E-state index contributed by atoms with van der Waals surface area (Å²) in [4.78, 5) is 20.9. The van der Waals surface area contributed by atoms with Gasteiger partial charge in [-0.1, -0.05) is 48.0 Å². The lowest BCUT2D eigenvalue weighted by molar-refractivity contribution is 0.125. The summed E-state index contributed by atoms with van der Waals surface area (Å²) < 4.78 is 29.4. The lowest BCUT2D eigenvalue weighted by Gasteiger charge is -2.30. The average Bonchev–Trinajstić information content (AvgIpc) is 3.49. The molecule has 2 N–H and O–H groups in total. The van der Waals surface area contributed by atoms with E-state index in [4.69, 9.17) is 11.6 Å². The highest BCUT2D eigenvalue weighted by Gasteiger charge is 2.28. The molecule has 0 bridgehead atoms. The zero-order valence-electron chi connectivity index (χ0n) is 21.9. The number of fused-ring (bicyclic) bond motifs is 1. The van der Waals surface area contributed by atoms with Gasteiger partial charge in [-0.3, -0.25) is 9.80 Å². The predicted molar refractivity (Wildman–Crippen MR) is 149 cm³/mol. The van der Waals surface area contributed by atoms with Crippen molar-refractivity contribution in [3.63, 3.8) is 0 Å². The number of aliphatic hydroxyl groups is 1. The Morgan fingerprint density at radius 2 is 1.80 bits per heavy atom. The number of imidazole rings is 1. The van der Waals surface area contributed by atoms with Crippen molar-refractivity contribution in [3.05, 3.63) is 105 Å². The molecule has 2 amide bonds. The van der Waals surface area contributed by atoms with Crippen molar-refractivity contribution in [2.75, 3.05) is 11.4 Å². The largest absolute Gasteiger partial charge is 0.374 e. The van der Waals surface area contributed by atoms with Crippen molar-refractivity contribution in [1.29, 1.82) is 0 Å². The molecule has 0 radical (unpaired) electrons. The Morgan fingerprint density at radius 1 is 1.05 bits per heavy atom. The smallest absolute Gasteiger partial charge is 0.325 e. The molecule has 6 rings (SSSR count). The number of aliphatic hydroxyl groups excluding tert-OH is 1. The van der Waals surface area contributed by atoms with E-state index in [1.165, 1.54) is 11.1 Å². The summed E-state index contributed by atoms with van der Waals surface area (Å²) in [6.07, 6.45) is 1.61. The highest BCUT2D eigenvalue weighted by atomic mass is 35.5. The molecular weight excluding hydrogens is 536 g/mol. The summed E-state index contributed by atoms with van der Waals surface area (Å²) >= 11 is 6.06. The van der Waals surface area contributed by atoms with Gasteiger partial charge in [-0.25, -0.2) is 18.6 Å². The average molecular weight is 564 g/mol. The summed E-state index contributed by atoms with van der Waals surface area (Å²) in [6, 6.07) is 16.0. The van der Waals surface area contributed by atoms with E-state index in [1.807, 2.05) is 35.9 Å². The second-order valence-corrected chi connectivity index (χ2v) is 10.8. The third kappa shape index (κ3) is 5.20. The van der Waals surface area contributed by atoms with Crippen LogP contribution >= 0.6 is 11.6 Å². The van der Waals surface area contributed by atoms with E-state index in [0.29, 0.717) is 30.8 Å². The van der Waals surface area contributed by atoms with Crippen LogP contribution in [-0.2, 0) is 33.1 Å². The molecule has 1 saturated heterocycles. The van der Waals surface area contributed by atoms with Crippen LogP contribution in [0, 0.1) is 11.6 Å².